The molecule has 5 heteroatoms. The Morgan fingerprint density at radius 2 is 1.73 bits per heavy atom. The van der Waals surface area contributed by atoms with E-state index >= 15 is 0 Å². The maximum Gasteiger partial charge on any atom is 0.389 e. The summed E-state index contributed by atoms with van der Waals surface area (Å²) in [6, 6.07) is 6.80. The largest absolute Gasteiger partial charge is 0.389 e. The molecule has 0 aliphatic carbocycles. The van der Waals surface area contributed by atoms with Gasteiger partial charge in [-0.25, -0.2) is 0 Å². The zero-order valence-electron chi connectivity index (χ0n) is 7.76. The summed E-state index contributed by atoms with van der Waals surface area (Å²) in [7, 11) is 0. The van der Waals surface area contributed by atoms with Crippen molar-refractivity contribution in [1.82, 2.24) is 0 Å². The van der Waals surface area contributed by atoms with Gasteiger partial charge in [-0.15, -0.1) is 0 Å². The van der Waals surface area contributed by atoms with Gasteiger partial charge in [0.05, 0.1) is 6.10 Å². The average Bonchev–Trinajstić information content (AvgIpc) is 2.14. The van der Waals surface area contributed by atoms with Crippen LogP contribution in [0.2, 0.25) is 0 Å². The molecule has 0 fully saturated rings. The van der Waals surface area contributed by atoms with Crippen molar-refractivity contribution in [3.8, 4) is 0 Å². The summed E-state index contributed by atoms with van der Waals surface area (Å²) in [5, 5.41) is 9.47. The van der Waals surface area contributed by atoms with Crippen LogP contribution in [0.4, 0.5) is 13.2 Å². The molecule has 1 nitrogen and oxygen atoms in total. The topological polar surface area (TPSA) is 20.2 Å². The van der Waals surface area contributed by atoms with Crippen LogP contribution in [0.25, 0.3) is 0 Å². The van der Waals surface area contributed by atoms with Gasteiger partial charge in [0.15, 0.2) is 0 Å². The van der Waals surface area contributed by atoms with E-state index in [9.17, 15) is 18.3 Å². The van der Waals surface area contributed by atoms with Gasteiger partial charge < -0.3 is 5.11 Å². The molecule has 15 heavy (non-hydrogen) atoms. The maximum atomic E-state index is 11.9. The Labute approximate surface area is 99.4 Å². The van der Waals surface area contributed by atoms with Crippen molar-refractivity contribution in [1.29, 1.82) is 0 Å². The average molecular weight is 330 g/mol. The number of aliphatic hydroxyl groups is 1. The molecule has 1 atom stereocenters. The van der Waals surface area contributed by atoms with Gasteiger partial charge in [-0.3, -0.25) is 0 Å². The van der Waals surface area contributed by atoms with Gasteiger partial charge in [-0.1, -0.05) is 12.1 Å². The summed E-state index contributed by atoms with van der Waals surface area (Å²) in [4.78, 5) is 0. The Bertz CT molecular complexity index is 307. The lowest BCUT2D eigenvalue weighted by Gasteiger charge is -2.12. The third-order valence-corrected chi connectivity index (χ3v) is 2.68. The molecule has 0 radical (unpaired) electrons. The van der Waals surface area contributed by atoms with Crippen LogP contribution in [-0.4, -0.2) is 11.3 Å². The zero-order valence-corrected chi connectivity index (χ0v) is 9.92. The summed E-state index contributed by atoms with van der Waals surface area (Å²) in [5.41, 5.74) is 0.527. The van der Waals surface area contributed by atoms with Crippen LogP contribution in [0.15, 0.2) is 24.3 Å². The molecular weight excluding hydrogens is 320 g/mol. The molecular formula is C10H10F3IO. The predicted molar refractivity (Wildman–Crippen MR) is 59.4 cm³/mol. The van der Waals surface area contributed by atoms with Crippen molar-refractivity contribution in [3.05, 3.63) is 33.4 Å². The Morgan fingerprint density at radius 3 is 2.20 bits per heavy atom. The first kappa shape index (κ1) is 12.8. The maximum absolute atomic E-state index is 11.9. The summed E-state index contributed by atoms with van der Waals surface area (Å²) in [6.07, 6.45) is -6.49. The summed E-state index contributed by atoms with van der Waals surface area (Å²) >= 11 is 2.09. The molecule has 0 aliphatic heterocycles. The minimum atomic E-state index is -4.20. The molecule has 0 saturated heterocycles. The van der Waals surface area contributed by atoms with E-state index in [2.05, 4.69) is 22.6 Å². The van der Waals surface area contributed by atoms with Crippen LogP contribution >= 0.6 is 22.6 Å². The van der Waals surface area contributed by atoms with E-state index in [-0.39, 0.29) is 6.42 Å². The third-order valence-electron chi connectivity index (χ3n) is 1.96. The van der Waals surface area contributed by atoms with Crippen molar-refractivity contribution in [2.45, 2.75) is 25.1 Å². The van der Waals surface area contributed by atoms with Crippen LogP contribution in [0.3, 0.4) is 0 Å². The van der Waals surface area contributed by atoms with Crippen LogP contribution in [0.5, 0.6) is 0 Å². The summed E-state index contributed by atoms with van der Waals surface area (Å²) < 4.78 is 36.6. The van der Waals surface area contributed by atoms with E-state index in [1.807, 2.05) is 0 Å². The molecule has 0 aromatic heterocycles. The van der Waals surface area contributed by atoms with Crippen LogP contribution in [-0.2, 0) is 0 Å². The minimum Gasteiger partial charge on any atom is -0.388 e. The second-order valence-corrected chi connectivity index (χ2v) is 4.47. The number of aliphatic hydroxyl groups excluding tert-OH is 1. The van der Waals surface area contributed by atoms with Crippen LogP contribution < -0.4 is 0 Å². The number of hydrogen-bond acceptors (Lipinski definition) is 1. The lowest BCUT2D eigenvalue weighted by atomic mass is 10.1. The van der Waals surface area contributed by atoms with Gasteiger partial charge in [-0.05, 0) is 46.7 Å². The molecule has 1 N–H and O–H groups in total. The first-order valence-electron chi connectivity index (χ1n) is 4.39. The van der Waals surface area contributed by atoms with Crippen molar-refractivity contribution >= 4 is 22.6 Å². The van der Waals surface area contributed by atoms with Crippen LogP contribution in [0.1, 0.15) is 24.5 Å². The molecule has 0 aliphatic rings. The van der Waals surface area contributed by atoms with Gasteiger partial charge in [0, 0.05) is 9.99 Å². The van der Waals surface area contributed by atoms with Gasteiger partial charge in [0.25, 0.3) is 0 Å². The molecule has 0 saturated carbocycles. The molecule has 1 aromatic carbocycles. The fourth-order valence-electron chi connectivity index (χ4n) is 1.15. The Balaban J connectivity index is 2.54. The number of halogens is 4. The Morgan fingerprint density at radius 1 is 1.20 bits per heavy atom. The van der Waals surface area contributed by atoms with Gasteiger partial charge >= 0.3 is 6.18 Å². The van der Waals surface area contributed by atoms with E-state index in [1.165, 1.54) is 0 Å². The Hall–Kier alpha value is -0.300. The fourth-order valence-corrected chi connectivity index (χ4v) is 1.51. The first-order valence-corrected chi connectivity index (χ1v) is 5.46. The van der Waals surface area contributed by atoms with Crippen molar-refractivity contribution in [2.75, 3.05) is 0 Å². The quantitative estimate of drug-likeness (QED) is 0.839. The van der Waals surface area contributed by atoms with E-state index in [0.29, 0.717) is 5.56 Å². The Kier molecular flexibility index (Phi) is 4.39. The number of benzene rings is 1. The lowest BCUT2D eigenvalue weighted by Crippen LogP contribution is -2.10. The van der Waals surface area contributed by atoms with Crippen molar-refractivity contribution in [3.63, 3.8) is 0 Å². The molecule has 0 spiro atoms. The second-order valence-electron chi connectivity index (χ2n) is 3.22. The molecule has 84 valence electrons. The van der Waals surface area contributed by atoms with Gasteiger partial charge in [0.1, 0.15) is 0 Å². The summed E-state index contributed by atoms with van der Waals surface area (Å²) in [6.45, 7) is 0. The van der Waals surface area contributed by atoms with E-state index in [4.69, 9.17) is 0 Å². The van der Waals surface area contributed by atoms with E-state index < -0.39 is 18.7 Å². The highest BCUT2D eigenvalue weighted by atomic mass is 127. The van der Waals surface area contributed by atoms with Gasteiger partial charge in [0.2, 0.25) is 0 Å². The van der Waals surface area contributed by atoms with E-state index in [0.717, 1.165) is 3.57 Å². The minimum absolute atomic E-state index is 0.288. The smallest absolute Gasteiger partial charge is 0.388 e. The van der Waals surface area contributed by atoms with E-state index in [1.54, 1.807) is 24.3 Å². The molecule has 0 bridgehead atoms. The fraction of sp³-hybridized carbons (Fsp3) is 0.400. The molecule has 0 heterocycles. The normalized spacial score (nSPS) is 13.9. The highest BCUT2D eigenvalue weighted by Gasteiger charge is 2.28. The monoisotopic (exact) mass is 330 g/mol. The second kappa shape index (κ2) is 5.16. The number of hydrogen-bond donors (Lipinski definition) is 1. The molecule has 0 amide bonds. The first-order chi connectivity index (χ1) is 6.88. The van der Waals surface area contributed by atoms with Gasteiger partial charge in [-0.2, -0.15) is 13.2 Å². The molecule has 1 rings (SSSR count). The highest BCUT2D eigenvalue weighted by Crippen LogP contribution is 2.27. The third kappa shape index (κ3) is 4.83. The number of alkyl halides is 3. The molecule has 1 unspecified atom stereocenters. The summed E-state index contributed by atoms with van der Waals surface area (Å²) in [5.74, 6) is 0. The molecule has 1 aromatic rings. The predicted octanol–water partition coefficient (Wildman–Crippen LogP) is 3.67. The van der Waals surface area contributed by atoms with Crippen molar-refractivity contribution < 1.29 is 18.3 Å². The SMILES string of the molecule is OC(CCC(F)(F)F)c1ccc(I)cc1. The standard InChI is InChI=1S/C10H10F3IO/c11-10(12,13)6-5-9(15)7-1-3-8(14)4-2-7/h1-4,9,15H,5-6H2. The lowest BCUT2D eigenvalue weighted by molar-refractivity contribution is -0.140. The highest BCUT2D eigenvalue weighted by molar-refractivity contribution is 14.1. The number of rotatable bonds is 3. The zero-order chi connectivity index (χ0) is 11.5. The van der Waals surface area contributed by atoms with Crippen molar-refractivity contribution in [2.24, 2.45) is 0 Å². The van der Waals surface area contributed by atoms with Crippen LogP contribution in [0, 0.1) is 3.57 Å².